The number of halogens is 1. The van der Waals surface area contributed by atoms with Gasteiger partial charge in [0, 0.05) is 32.5 Å². The molecule has 2 atom stereocenters. The maximum absolute atomic E-state index is 13.7. The minimum Gasteiger partial charge on any atom is -0.399 e. The van der Waals surface area contributed by atoms with E-state index in [-0.39, 0.29) is 5.82 Å². The molecule has 1 aliphatic carbocycles. The lowest BCUT2D eigenvalue weighted by Gasteiger charge is -2.22. The first-order chi connectivity index (χ1) is 8.20. The Morgan fingerprint density at radius 1 is 1.41 bits per heavy atom. The predicted octanol–water partition coefficient (Wildman–Crippen LogP) is 1.74. The molecule has 4 heteroatoms. The third-order valence-electron chi connectivity index (χ3n) is 4.04. The summed E-state index contributed by atoms with van der Waals surface area (Å²) in [5.41, 5.74) is 6.71. The third-order valence-corrected chi connectivity index (χ3v) is 4.04. The topological polar surface area (TPSA) is 38.5 Å². The van der Waals surface area contributed by atoms with E-state index in [4.69, 9.17) is 10.5 Å². The van der Waals surface area contributed by atoms with Crippen LogP contribution in [0.15, 0.2) is 18.2 Å². The molecule has 1 heterocycles. The van der Waals surface area contributed by atoms with Crippen LogP contribution in [-0.4, -0.2) is 26.8 Å². The molecule has 0 amide bonds. The lowest BCUT2D eigenvalue weighted by atomic mass is 10.2. The summed E-state index contributed by atoms with van der Waals surface area (Å²) in [4.78, 5) is 2.12. The van der Waals surface area contributed by atoms with Crippen LogP contribution >= 0.6 is 0 Å². The molecule has 0 bridgehead atoms. The molecule has 92 valence electrons. The first-order valence-corrected chi connectivity index (χ1v) is 5.99. The molecular weight excluding hydrogens is 219 g/mol. The molecule has 0 radical (unpaired) electrons. The van der Waals surface area contributed by atoms with Crippen LogP contribution in [0.2, 0.25) is 0 Å². The highest BCUT2D eigenvalue weighted by Gasteiger charge is 2.55. The first-order valence-electron chi connectivity index (χ1n) is 5.99. The van der Waals surface area contributed by atoms with Crippen molar-refractivity contribution in [3.05, 3.63) is 24.0 Å². The molecule has 1 aromatic rings. The zero-order chi connectivity index (χ0) is 12.0. The van der Waals surface area contributed by atoms with E-state index >= 15 is 0 Å². The fourth-order valence-electron chi connectivity index (χ4n) is 3.07. The Labute approximate surface area is 100 Å². The minimum atomic E-state index is -0.213. The summed E-state index contributed by atoms with van der Waals surface area (Å²) in [6.07, 6.45) is 0. The fraction of sp³-hybridized carbons (Fsp3) is 0.538. The van der Waals surface area contributed by atoms with Gasteiger partial charge in [-0.15, -0.1) is 0 Å². The van der Waals surface area contributed by atoms with E-state index in [9.17, 15) is 4.39 Å². The summed E-state index contributed by atoms with van der Waals surface area (Å²) in [5.74, 6) is 1.85. The molecule has 1 saturated heterocycles. The smallest absolute Gasteiger partial charge is 0.148 e. The van der Waals surface area contributed by atoms with Gasteiger partial charge in [-0.3, -0.25) is 0 Å². The van der Waals surface area contributed by atoms with Crippen molar-refractivity contribution in [2.45, 2.75) is 0 Å². The summed E-state index contributed by atoms with van der Waals surface area (Å²) in [6.45, 7) is 2.73. The molecule has 2 N–H and O–H groups in total. The third kappa shape index (κ3) is 1.76. The van der Waals surface area contributed by atoms with Crippen molar-refractivity contribution < 1.29 is 9.13 Å². The van der Waals surface area contributed by atoms with Gasteiger partial charge in [0.05, 0.1) is 5.69 Å². The van der Waals surface area contributed by atoms with E-state index in [1.807, 2.05) is 0 Å². The van der Waals surface area contributed by atoms with E-state index < -0.39 is 0 Å². The highest BCUT2D eigenvalue weighted by Crippen LogP contribution is 2.52. The first kappa shape index (κ1) is 10.8. The lowest BCUT2D eigenvalue weighted by Crippen LogP contribution is -2.25. The van der Waals surface area contributed by atoms with E-state index in [1.54, 1.807) is 19.2 Å². The molecular formula is C13H17FN2O. The second kappa shape index (κ2) is 3.88. The van der Waals surface area contributed by atoms with Crippen molar-refractivity contribution in [2.75, 3.05) is 37.4 Å². The number of nitrogens with two attached hydrogens (primary N) is 1. The van der Waals surface area contributed by atoms with Crippen LogP contribution in [0, 0.1) is 23.6 Å². The van der Waals surface area contributed by atoms with Crippen molar-refractivity contribution in [1.29, 1.82) is 0 Å². The number of ether oxygens (including phenoxy) is 1. The number of hydrogen-bond donors (Lipinski definition) is 1. The number of fused-ring (bicyclic) bond motifs is 1. The summed E-state index contributed by atoms with van der Waals surface area (Å²) in [7, 11) is 1.74. The molecule has 3 rings (SSSR count). The van der Waals surface area contributed by atoms with Gasteiger partial charge in [0.2, 0.25) is 0 Å². The quantitative estimate of drug-likeness (QED) is 0.812. The van der Waals surface area contributed by atoms with Gasteiger partial charge >= 0.3 is 0 Å². The highest BCUT2D eigenvalue weighted by molar-refractivity contribution is 5.55. The zero-order valence-corrected chi connectivity index (χ0v) is 9.90. The number of nitrogen functional groups attached to an aromatic ring is 1. The summed E-state index contributed by atoms with van der Waals surface area (Å²) < 4.78 is 18.9. The normalized spacial score (nSPS) is 30.5. The molecule has 3 nitrogen and oxygen atoms in total. The molecule has 0 aromatic heterocycles. The van der Waals surface area contributed by atoms with Crippen molar-refractivity contribution in [3.8, 4) is 0 Å². The van der Waals surface area contributed by atoms with Crippen molar-refractivity contribution in [3.63, 3.8) is 0 Å². The molecule has 1 saturated carbocycles. The van der Waals surface area contributed by atoms with Crippen LogP contribution in [0.1, 0.15) is 0 Å². The van der Waals surface area contributed by atoms with E-state index in [1.165, 1.54) is 6.07 Å². The molecule has 0 spiro atoms. The van der Waals surface area contributed by atoms with Crippen molar-refractivity contribution in [1.82, 2.24) is 0 Å². The monoisotopic (exact) mass is 236 g/mol. The number of nitrogens with zero attached hydrogens (tertiary/aromatic N) is 1. The van der Waals surface area contributed by atoms with Crippen LogP contribution in [0.5, 0.6) is 0 Å². The Hall–Kier alpha value is -1.29. The van der Waals surface area contributed by atoms with Gasteiger partial charge in [0.25, 0.3) is 0 Å². The molecule has 1 aromatic carbocycles. The van der Waals surface area contributed by atoms with Crippen molar-refractivity contribution in [2.24, 2.45) is 17.8 Å². The number of anilines is 2. The van der Waals surface area contributed by atoms with E-state index in [0.717, 1.165) is 19.7 Å². The Bertz CT molecular complexity index is 425. The average molecular weight is 236 g/mol. The maximum Gasteiger partial charge on any atom is 0.148 e. The molecule has 17 heavy (non-hydrogen) atoms. The van der Waals surface area contributed by atoms with Crippen LogP contribution < -0.4 is 10.6 Å². The number of benzene rings is 1. The molecule has 1 aliphatic heterocycles. The molecule has 2 fully saturated rings. The van der Waals surface area contributed by atoms with Gasteiger partial charge in [0.15, 0.2) is 0 Å². The Balaban J connectivity index is 1.69. The SMILES string of the molecule is COCC1C2CN(c3ccc(N)cc3F)CC12. The molecule has 2 aliphatic rings. The van der Waals surface area contributed by atoms with Crippen molar-refractivity contribution >= 4 is 11.4 Å². The number of piperidine rings is 1. The lowest BCUT2D eigenvalue weighted by molar-refractivity contribution is 0.176. The Morgan fingerprint density at radius 3 is 2.71 bits per heavy atom. The van der Waals surface area contributed by atoms with E-state index in [0.29, 0.717) is 29.1 Å². The van der Waals surface area contributed by atoms with Gasteiger partial charge < -0.3 is 15.4 Å². The summed E-state index contributed by atoms with van der Waals surface area (Å²) in [6, 6.07) is 4.93. The van der Waals surface area contributed by atoms with Gasteiger partial charge in [-0.2, -0.15) is 0 Å². The van der Waals surface area contributed by atoms with Crippen LogP contribution in [-0.2, 0) is 4.74 Å². The largest absolute Gasteiger partial charge is 0.399 e. The standard InChI is InChI=1S/C13H17FN2O/c1-17-7-11-9-5-16(6-10(9)11)13-3-2-8(15)4-12(13)14/h2-4,9-11H,5-7,15H2,1H3. The van der Waals surface area contributed by atoms with E-state index in [2.05, 4.69) is 4.90 Å². The highest BCUT2D eigenvalue weighted by atomic mass is 19.1. The zero-order valence-electron chi connectivity index (χ0n) is 9.90. The van der Waals surface area contributed by atoms with Crippen LogP contribution in [0.3, 0.4) is 0 Å². The second-order valence-corrected chi connectivity index (χ2v) is 5.06. The maximum atomic E-state index is 13.7. The van der Waals surface area contributed by atoms with Crippen LogP contribution in [0.4, 0.5) is 15.8 Å². The van der Waals surface area contributed by atoms with Gasteiger partial charge in [-0.25, -0.2) is 4.39 Å². The average Bonchev–Trinajstić information content (AvgIpc) is 2.73. The van der Waals surface area contributed by atoms with Gasteiger partial charge in [0.1, 0.15) is 5.82 Å². The fourth-order valence-corrected chi connectivity index (χ4v) is 3.07. The minimum absolute atomic E-state index is 0.213. The number of rotatable bonds is 3. The van der Waals surface area contributed by atoms with Gasteiger partial charge in [-0.1, -0.05) is 0 Å². The number of methoxy groups -OCH3 is 1. The second-order valence-electron chi connectivity index (χ2n) is 5.06. The van der Waals surface area contributed by atoms with Crippen LogP contribution in [0.25, 0.3) is 0 Å². The summed E-state index contributed by atoms with van der Waals surface area (Å²) in [5, 5.41) is 0. The van der Waals surface area contributed by atoms with Gasteiger partial charge in [-0.05, 0) is 36.0 Å². The summed E-state index contributed by atoms with van der Waals surface area (Å²) >= 11 is 0. The Kier molecular flexibility index (Phi) is 2.47. The number of hydrogen-bond acceptors (Lipinski definition) is 3. The molecule has 2 unspecified atom stereocenters. The Morgan fingerprint density at radius 2 is 2.12 bits per heavy atom. The predicted molar refractivity (Wildman–Crippen MR) is 65.4 cm³/mol.